The van der Waals surface area contributed by atoms with Gasteiger partial charge in [0, 0.05) is 19.4 Å². The monoisotopic (exact) mass is 301 g/mol. The molecule has 5 heteroatoms. The zero-order chi connectivity index (χ0) is 15.9. The van der Waals surface area contributed by atoms with Crippen LogP contribution in [0.15, 0.2) is 36.7 Å². The molecule has 0 aliphatic rings. The van der Waals surface area contributed by atoms with Crippen LogP contribution in [0.25, 0.3) is 0 Å². The molecule has 1 amide bonds. The van der Waals surface area contributed by atoms with Gasteiger partial charge in [0.25, 0.3) is 0 Å². The molecular weight excluding hydrogens is 278 g/mol. The molecule has 1 heterocycles. The first-order valence-electron chi connectivity index (χ1n) is 7.59. The van der Waals surface area contributed by atoms with Gasteiger partial charge in [-0.25, -0.2) is 9.78 Å². The van der Waals surface area contributed by atoms with Gasteiger partial charge in [-0.3, -0.25) is 0 Å². The molecular formula is C17H23N3O2. The van der Waals surface area contributed by atoms with Crippen LogP contribution in [0.5, 0.6) is 0 Å². The van der Waals surface area contributed by atoms with Crippen LogP contribution in [-0.4, -0.2) is 22.3 Å². The number of amides is 1. The Kier molecular flexibility index (Phi) is 5.58. The molecule has 0 aliphatic carbocycles. The molecule has 1 atom stereocenters. The second kappa shape index (κ2) is 7.64. The third kappa shape index (κ3) is 4.10. The van der Waals surface area contributed by atoms with E-state index in [1.807, 2.05) is 49.0 Å². The highest BCUT2D eigenvalue weighted by atomic mass is 16.5. The highest BCUT2D eigenvalue weighted by Crippen LogP contribution is 2.21. The number of carbonyl (C=O) groups is 1. The second-order valence-corrected chi connectivity index (χ2v) is 5.37. The molecule has 0 spiro atoms. The number of rotatable bonds is 6. The van der Waals surface area contributed by atoms with E-state index in [2.05, 4.69) is 17.2 Å². The summed E-state index contributed by atoms with van der Waals surface area (Å²) in [5.74, 6) is 0.774. The Morgan fingerprint density at radius 2 is 2.09 bits per heavy atom. The van der Waals surface area contributed by atoms with Crippen molar-refractivity contribution in [1.82, 2.24) is 14.9 Å². The first-order chi connectivity index (χ1) is 10.6. The smallest absolute Gasteiger partial charge is 0.407 e. The van der Waals surface area contributed by atoms with Gasteiger partial charge in [0.05, 0.1) is 6.61 Å². The maximum Gasteiger partial charge on any atom is 0.407 e. The van der Waals surface area contributed by atoms with Crippen molar-refractivity contribution in [2.75, 3.05) is 6.61 Å². The van der Waals surface area contributed by atoms with E-state index < -0.39 is 6.09 Å². The quantitative estimate of drug-likeness (QED) is 0.833. The molecule has 5 nitrogen and oxygen atoms in total. The molecule has 0 aliphatic heterocycles. The Morgan fingerprint density at radius 3 is 2.68 bits per heavy atom. The predicted molar refractivity (Wildman–Crippen MR) is 85.6 cm³/mol. The molecule has 0 radical (unpaired) electrons. The molecule has 0 saturated carbocycles. The number of benzene rings is 1. The molecule has 1 aromatic carbocycles. The summed E-state index contributed by atoms with van der Waals surface area (Å²) in [5, 5.41) is 2.91. The average Bonchev–Trinajstić information content (AvgIpc) is 2.92. The maximum absolute atomic E-state index is 12.0. The van der Waals surface area contributed by atoms with E-state index in [9.17, 15) is 4.79 Å². The van der Waals surface area contributed by atoms with E-state index in [1.165, 1.54) is 5.56 Å². The minimum atomic E-state index is -0.415. The molecule has 2 rings (SSSR count). The number of aryl methyl sites for hydroxylation is 2. The van der Waals surface area contributed by atoms with Crippen molar-refractivity contribution < 1.29 is 9.53 Å². The van der Waals surface area contributed by atoms with E-state index in [-0.39, 0.29) is 6.04 Å². The summed E-state index contributed by atoms with van der Waals surface area (Å²) in [6, 6.07) is 7.72. The van der Waals surface area contributed by atoms with E-state index in [1.54, 1.807) is 6.20 Å². The second-order valence-electron chi connectivity index (χ2n) is 5.37. The standard InChI is InChI=1S/C17H23N3O2/c1-4-5-12-22-17(21)19-15(16-18-10-11-20(16)3)14-8-6-13(2)7-9-14/h6-11,15H,4-5,12H2,1-3H3,(H,19,21). The normalized spacial score (nSPS) is 12.0. The largest absolute Gasteiger partial charge is 0.450 e. The average molecular weight is 301 g/mol. The number of hydrogen-bond donors (Lipinski definition) is 1. The Bertz CT molecular complexity index is 605. The van der Waals surface area contributed by atoms with Crippen molar-refractivity contribution in [1.29, 1.82) is 0 Å². The fraction of sp³-hybridized carbons (Fsp3) is 0.412. The van der Waals surface area contributed by atoms with Gasteiger partial charge in [-0.2, -0.15) is 0 Å². The van der Waals surface area contributed by atoms with Gasteiger partial charge in [-0.1, -0.05) is 43.2 Å². The summed E-state index contributed by atoms with van der Waals surface area (Å²) < 4.78 is 7.11. The fourth-order valence-corrected chi connectivity index (χ4v) is 2.18. The lowest BCUT2D eigenvalue weighted by Gasteiger charge is -2.19. The number of nitrogens with zero attached hydrogens (tertiary/aromatic N) is 2. The minimum Gasteiger partial charge on any atom is -0.450 e. The van der Waals surface area contributed by atoms with E-state index in [4.69, 9.17) is 4.74 Å². The van der Waals surface area contributed by atoms with E-state index in [0.717, 1.165) is 24.2 Å². The van der Waals surface area contributed by atoms with Crippen molar-refractivity contribution in [2.24, 2.45) is 7.05 Å². The number of nitrogens with one attached hydrogen (secondary N) is 1. The summed E-state index contributed by atoms with van der Waals surface area (Å²) in [7, 11) is 1.91. The van der Waals surface area contributed by atoms with Gasteiger partial charge in [0.2, 0.25) is 0 Å². The van der Waals surface area contributed by atoms with Crippen LogP contribution < -0.4 is 5.32 Å². The van der Waals surface area contributed by atoms with Crippen molar-refractivity contribution in [3.05, 3.63) is 53.6 Å². The summed E-state index contributed by atoms with van der Waals surface area (Å²) in [6.07, 6.45) is 5.03. The highest BCUT2D eigenvalue weighted by molar-refractivity contribution is 5.68. The van der Waals surface area contributed by atoms with Gasteiger partial charge >= 0.3 is 6.09 Å². The molecule has 0 bridgehead atoms. The molecule has 118 valence electrons. The molecule has 0 saturated heterocycles. The minimum absolute atomic E-state index is 0.324. The van der Waals surface area contributed by atoms with Crippen LogP contribution >= 0.6 is 0 Å². The Balaban J connectivity index is 2.17. The maximum atomic E-state index is 12.0. The lowest BCUT2D eigenvalue weighted by Crippen LogP contribution is -2.31. The fourth-order valence-electron chi connectivity index (χ4n) is 2.18. The number of imidazole rings is 1. The Labute approximate surface area is 131 Å². The number of carbonyl (C=O) groups excluding carboxylic acids is 1. The van der Waals surface area contributed by atoms with Crippen LogP contribution in [0.1, 0.15) is 42.8 Å². The van der Waals surface area contributed by atoms with Gasteiger partial charge in [0.1, 0.15) is 11.9 Å². The Morgan fingerprint density at radius 1 is 1.36 bits per heavy atom. The third-order valence-electron chi connectivity index (χ3n) is 3.52. The van der Waals surface area contributed by atoms with Gasteiger partial charge in [-0.05, 0) is 18.9 Å². The van der Waals surface area contributed by atoms with Crippen molar-refractivity contribution in [3.8, 4) is 0 Å². The van der Waals surface area contributed by atoms with Crippen LogP contribution in [0.2, 0.25) is 0 Å². The summed E-state index contributed by atoms with van der Waals surface area (Å²) in [4.78, 5) is 16.4. The topological polar surface area (TPSA) is 56.1 Å². The number of aromatic nitrogens is 2. The lowest BCUT2D eigenvalue weighted by atomic mass is 10.0. The number of ether oxygens (including phenoxy) is 1. The first kappa shape index (κ1) is 16.1. The molecule has 1 unspecified atom stereocenters. The van der Waals surface area contributed by atoms with E-state index >= 15 is 0 Å². The van der Waals surface area contributed by atoms with E-state index in [0.29, 0.717) is 6.61 Å². The number of alkyl carbamates (subject to hydrolysis) is 1. The van der Waals surface area contributed by atoms with Crippen molar-refractivity contribution >= 4 is 6.09 Å². The zero-order valence-electron chi connectivity index (χ0n) is 13.4. The molecule has 1 N–H and O–H groups in total. The number of hydrogen-bond acceptors (Lipinski definition) is 3. The van der Waals surface area contributed by atoms with Crippen LogP contribution in [0.3, 0.4) is 0 Å². The SMILES string of the molecule is CCCCOC(=O)NC(c1ccc(C)cc1)c1nccn1C. The zero-order valence-corrected chi connectivity index (χ0v) is 13.4. The molecule has 2 aromatic rings. The van der Waals surface area contributed by atoms with Gasteiger partial charge < -0.3 is 14.6 Å². The lowest BCUT2D eigenvalue weighted by molar-refractivity contribution is 0.141. The van der Waals surface area contributed by atoms with Crippen molar-refractivity contribution in [3.63, 3.8) is 0 Å². The Hall–Kier alpha value is -2.30. The number of unbranched alkanes of at least 4 members (excludes halogenated alkanes) is 1. The highest BCUT2D eigenvalue weighted by Gasteiger charge is 2.21. The van der Waals surface area contributed by atoms with Crippen LogP contribution in [0.4, 0.5) is 4.79 Å². The van der Waals surface area contributed by atoms with Crippen LogP contribution in [-0.2, 0) is 11.8 Å². The summed E-state index contributed by atoms with van der Waals surface area (Å²) >= 11 is 0. The third-order valence-corrected chi connectivity index (χ3v) is 3.52. The van der Waals surface area contributed by atoms with Gasteiger partial charge in [0.15, 0.2) is 0 Å². The summed E-state index contributed by atoms with van der Waals surface area (Å²) in [5.41, 5.74) is 2.15. The van der Waals surface area contributed by atoms with Crippen molar-refractivity contribution in [2.45, 2.75) is 32.7 Å². The first-order valence-corrected chi connectivity index (χ1v) is 7.59. The van der Waals surface area contributed by atoms with Crippen LogP contribution in [0, 0.1) is 6.92 Å². The van der Waals surface area contributed by atoms with Gasteiger partial charge in [-0.15, -0.1) is 0 Å². The predicted octanol–water partition coefficient (Wildman–Crippen LogP) is 3.34. The summed E-state index contributed by atoms with van der Waals surface area (Å²) in [6.45, 7) is 4.53. The molecule has 1 aromatic heterocycles. The molecule has 0 fully saturated rings. The molecule has 22 heavy (non-hydrogen) atoms.